The number of nitrogen functional groups attached to an aromatic ring is 2. The van der Waals surface area contributed by atoms with Crippen LogP contribution in [0.15, 0.2) is 6.33 Å². The summed E-state index contributed by atoms with van der Waals surface area (Å²) in [5, 5.41) is 0. The summed E-state index contributed by atoms with van der Waals surface area (Å²) in [5.41, 5.74) is 5.67. The number of rotatable bonds is 7. The van der Waals surface area contributed by atoms with Gasteiger partial charge in [0.1, 0.15) is 17.7 Å². The number of hydrogen-bond donors (Lipinski definition) is 2. The molecular formula is C23H39F3N6O7SSi2. The van der Waals surface area contributed by atoms with Gasteiger partial charge in [0.2, 0.25) is 5.95 Å². The zero-order valence-electron chi connectivity index (χ0n) is 24.7. The van der Waals surface area contributed by atoms with E-state index < -0.39 is 57.3 Å². The highest BCUT2D eigenvalue weighted by molar-refractivity contribution is 7.87. The smallest absolute Gasteiger partial charge is 0.414 e. The fraction of sp³-hybridized carbons (Fsp3) is 0.783. The summed E-state index contributed by atoms with van der Waals surface area (Å²) in [4.78, 5) is 12.1. The number of alkyl halides is 3. The largest absolute Gasteiger partial charge is 0.523 e. The van der Waals surface area contributed by atoms with Gasteiger partial charge in [-0.15, -0.1) is 0 Å². The van der Waals surface area contributed by atoms with Gasteiger partial charge in [-0.25, -0.2) is 4.98 Å². The van der Waals surface area contributed by atoms with Gasteiger partial charge in [0.25, 0.3) is 0 Å². The maximum Gasteiger partial charge on any atom is 0.523 e. The van der Waals surface area contributed by atoms with E-state index >= 15 is 0 Å². The van der Waals surface area contributed by atoms with Crippen LogP contribution in [-0.4, -0.2) is 75.5 Å². The average molecular weight is 657 g/mol. The molecule has 0 unspecified atom stereocenters. The lowest BCUT2D eigenvalue weighted by Gasteiger charge is -2.51. The Morgan fingerprint density at radius 3 is 2.10 bits per heavy atom. The first-order chi connectivity index (χ1) is 19.3. The summed E-state index contributed by atoms with van der Waals surface area (Å²) < 4.78 is 98.8. The molecule has 19 heteroatoms. The fourth-order valence-corrected chi connectivity index (χ4v) is 17.6. The van der Waals surface area contributed by atoms with Gasteiger partial charge in [-0.05, 0) is 22.2 Å². The number of nitrogens with two attached hydrogens (primary N) is 2. The predicted octanol–water partition coefficient (Wildman–Crippen LogP) is 4.08. The minimum absolute atomic E-state index is 0.0127. The quantitative estimate of drug-likeness (QED) is 0.248. The molecule has 238 valence electrons. The molecule has 4 atom stereocenters. The second kappa shape index (κ2) is 11.2. The summed E-state index contributed by atoms with van der Waals surface area (Å²) in [7, 11) is -12.6. The number of ether oxygens (including phenoxy) is 1. The molecule has 0 bridgehead atoms. The summed E-state index contributed by atoms with van der Waals surface area (Å²) in [6.07, 6.45) is -4.50. The summed E-state index contributed by atoms with van der Waals surface area (Å²) in [6.45, 7) is 15.6. The lowest BCUT2D eigenvalue weighted by atomic mass is 10.1. The second-order valence-electron chi connectivity index (χ2n) is 11.9. The van der Waals surface area contributed by atoms with Gasteiger partial charge in [-0.1, -0.05) is 55.4 Å². The van der Waals surface area contributed by atoms with Crippen LogP contribution < -0.4 is 11.5 Å². The van der Waals surface area contributed by atoms with Crippen molar-refractivity contribution in [1.82, 2.24) is 19.5 Å². The van der Waals surface area contributed by atoms with Crippen LogP contribution in [0.4, 0.5) is 24.9 Å². The summed E-state index contributed by atoms with van der Waals surface area (Å²) in [6, 6.07) is 0. The van der Waals surface area contributed by atoms with Gasteiger partial charge in [-0.3, -0.25) is 8.75 Å². The Hall–Kier alpha value is -1.88. The standard InChI is InChI=1S/C23H39F3N6O7SSi2/c1-11(2)41(12(3)4)35-9-15-17(38-42(39-41,13(5)6)14(7)8)18(37-40(33,34)23(24,25)26)21(36-15)32-10-29-16-19(27)30-22(28)31-20(16)32/h10-15,17-18,21H,9H2,1-8H3,(H4,27,28,30,31)/t15-,17-,18-,21-/m1/s1. The minimum Gasteiger partial charge on any atom is -0.414 e. The highest BCUT2D eigenvalue weighted by Crippen LogP contribution is 2.49. The molecule has 0 aromatic carbocycles. The van der Waals surface area contributed by atoms with E-state index in [2.05, 4.69) is 15.0 Å². The van der Waals surface area contributed by atoms with E-state index in [0.717, 1.165) is 0 Å². The Balaban J connectivity index is 1.92. The molecule has 2 aromatic rings. The molecule has 2 aliphatic heterocycles. The van der Waals surface area contributed by atoms with Crippen LogP contribution in [0.5, 0.6) is 0 Å². The van der Waals surface area contributed by atoms with Crippen LogP contribution in [0.1, 0.15) is 61.6 Å². The van der Waals surface area contributed by atoms with Crippen molar-refractivity contribution >= 4 is 50.2 Å². The topological polar surface area (TPSA) is 176 Å². The molecule has 13 nitrogen and oxygen atoms in total. The fourth-order valence-electron chi connectivity index (χ4n) is 5.79. The highest BCUT2D eigenvalue weighted by atomic mass is 32.2. The monoisotopic (exact) mass is 656 g/mol. The van der Waals surface area contributed by atoms with Crippen molar-refractivity contribution in [3.05, 3.63) is 6.33 Å². The van der Waals surface area contributed by atoms with Gasteiger partial charge in [0.05, 0.1) is 12.9 Å². The molecule has 0 radical (unpaired) electrons. The van der Waals surface area contributed by atoms with Crippen molar-refractivity contribution in [1.29, 1.82) is 0 Å². The van der Waals surface area contributed by atoms with E-state index in [4.69, 9.17) is 33.4 Å². The Morgan fingerprint density at radius 2 is 1.57 bits per heavy atom. The van der Waals surface area contributed by atoms with Crippen molar-refractivity contribution in [3.63, 3.8) is 0 Å². The molecule has 0 saturated carbocycles. The zero-order chi connectivity index (χ0) is 31.6. The molecule has 0 spiro atoms. The van der Waals surface area contributed by atoms with Crippen molar-refractivity contribution in [2.24, 2.45) is 0 Å². The lowest BCUT2D eigenvalue weighted by Crippen LogP contribution is -2.66. The molecule has 2 aromatic heterocycles. The Labute approximate surface area is 245 Å². The van der Waals surface area contributed by atoms with Crippen LogP contribution in [-0.2, 0) is 32.0 Å². The van der Waals surface area contributed by atoms with Gasteiger partial charge in [0, 0.05) is 0 Å². The molecule has 2 aliphatic rings. The van der Waals surface area contributed by atoms with Crippen molar-refractivity contribution in [2.45, 2.75) is 108 Å². The van der Waals surface area contributed by atoms with E-state index in [0.29, 0.717) is 0 Å². The highest BCUT2D eigenvalue weighted by Gasteiger charge is 2.63. The molecule has 42 heavy (non-hydrogen) atoms. The molecule has 0 aliphatic carbocycles. The van der Waals surface area contributed by atoms with Crippen LogP contribution >= 0.6 is 0 Å². The average Bonchev–Trinajstić information content (AvgIpc) is 3.38. The van der Waals surface area contributed by atoms with E-state index in [1.165, 1.54) is 10.9 Å². The minimum atomic E-state index is -6.11. The van der Waals surface area contributed by atoms with Crippen LogP contribution in [0.2, 0.25) is 22.2 Å². The van der Waals surface area contributed by atoms with E-state index in [1.54, 1.807) is 0 Å². The van der Waals surface area contributed by atoms with E-state index in [1.807, 2.05) is 55.4 Å². The molecular weight excluding hydrogens is 618 g/mol. The van der Waals surface area contributed by atoms with Crippen LogP contribution in [0, 0.1) is 0 Å². The zero-order valence-corrected chi connectivity index (χ0v) is 27.6. The van der Waals surface area contributed by atoms with Crippen molar-refractivity contribution < 1.29 is 43.5 Å². The van der Waals surface area contributed by atoms with Crippen LogP contribution in [0.3, 0.4) is 0 Å². The maximum absolute atomic E-state index is 13.7. The van der Waals surface area contributed by atoms with Gasteiger partial charge in [0.15, 0.2) is 23.8 Å². The SMILES string of the molecule is CC(C)[Si]1(C(C)C)OC[C@H]2O[C@@H](n3cnc4c(N)nc(N)nc43)[C@H](OS(=O)(=O)C(F)(F)F)[C@@H]2O[Si](C(C)C)(C(C)C)O1. The first-order valence-corrected chi connectivity index (χ1v) is 19.0. The van der Waals surface area contributed by atoms with Gasteiger partial charge < -0.3 is 29.2 Å². The van der Waals surface area contributed by atoms with Gasteiger partial charge in [-0.2, -0.15) is 31.6 Å². The van der Waals surface area contributed by atoms with E-state index in [-0.39, 0.29) is 51.7 Å². The second-order valence-corrected chi connectivity index (χ2v) is 22.3. The molecule has 4 N–H and O–H groups in total. The third-order valence-electron chi connectivity index (χ3n) is 7.88. The first kappa shape index (κ1) is 33.0. The Kier molecular flexibility index (Phi) is 8.84. The number of anilines is 2. The van der Waals surface area contributed by atoms with Gasteiger partial charge >= 0.3 is 32.7 Å². The number of nitrogens with zero attached hydrogens (tertiary/aromatic N) is 4. The third kappa shape index (κ3) is 5.46. The number of fused-ring (bicyclic) bond motifs is 2. The molecule has 0 amide bonds. The first-order valence-electron chi connectivity index (χ1n) is 13.7. The number of aromatic nitrogens is 4. The van der Waals surface area contributed by atoms with Crippen LogP contribution in [0.25, 0.3) is 11.2 Å². The molecule has 2 fully saturated rings. The summed E-state index contributed by atoms with van der Waals surface area (Å²) in [5.74, 6) is -0.306. The molecule has 4 heterocycles. The maximum atomic E-state index is 13.7. The van der Waals surface area contributed by atoms with Crippen molar-refractivity contribution in [2.75, 3.05) is 18.1 Å². The van der Waals surface area contributed by atoms with E-state index in [9.17, 15) is 21.6 Å². The number of imidazole rings is 1. The summed E-state index contributed by atoms with van der Waals surface area (Å²) >= 11 is 0. The molecule has 4 rings (SSSR count). The number of hydrogen-bond acceptors (Lipinski definition) is 12. The predicted molar refractivity (Wildman–Crippen MR) is 152 cm³/mol. The number of halogens is 3. The lowest BCUT2D eigenvalue weighted by molar-refractivity contribution is -0.0694. The Morgan fingerprint density at radius 1 is 1.00 bits per heavy atom. The Bertz CT molecular complexity index is 1390. The third-order valence-corrected chi connectivity index (χ3v) is 19.2. The van der Waals surface area contributed by atoms with Crippen molar-refractivity contribution in [3.8, 4) is 0 Å². The normalized spacial score (nSPS) is 26.7. The molecule has 2 saturated heterocycles.